The maximum atomic E-state index is 5.22. The fraction of sp³-hybridized carbons (Fsp3) is 0.444. The molecule has 0 atom stereocenters. The van der Waals surface area contributed by atoms with Crippen LogP contribution in [0.3, 0.4) is 0 Å². The molecule has 0 unspecified atom stereocenters. The molecule has 1 rings (SSSR count). The van der Waals surface area contributed by atoms with Crippen LogP contribution in [0.1, 0.15) is 18.2 Å². The number of aryl methyl sites for hydroxylation is 1. The highest BCUT2D eigenvalue weighted by Crippen LogP contribution is 2.00. The quantitative estimate of drug-likeness (QED) is 0.658. The second-order valence-electron chi connectivity index (χ2n) is 2.44. The van der Waals surface area contributed by atoms with Crippen molar-refractivity contribution in [1.82, 2.24) is 4.98 Å². The molecule has 0 spiro atoms. The first-order chi connectivity index (χ1) is 5.33. The van der Waals surface area contributed by atoms with Crippen molar-refractivity contribution in [3.63, 3.8) is 0 Å². The molecule has 0 fully saturated rings. The molecule has 0 aliphatic heterocycles. The van der Waals surface area contributed by atoms with Crippen molar-refractivity contribution in [2.24, 2.45) is 0 Å². The molecule has 1 aromatic heterocycles. The molecule has 0 radical (unpaired) electrons. The standard InChI is InChI=1S/C9H13NO/c1-3-11-7-9-5-4-8(2)10-6-9/h4-6H,3,7H2,1-2H3. The van der Waals surface area contributed by atoms with E-state index in [0.29, 0.717) is 6.61 Å². The minimum absolute atomic E-state index is 0.670. The summed E-state index contributed by atoms with van der Waals surface area (Å²) in [7, 11) is 0. The van der Waals surface area contributed by atoms with Gasteiger partial charge in [-0.1, -0.05) is 6.07 Å². The topological polar surface area (TPSA) is 22.1 Å². The van der Waals surface area contributed by atoms with Crippen LogP contribution in [-0.2, 0) is 11.3 Å². The van der Waals surface area contributed by atoms with Gasteiger partial charge in [0.2, 0.25) is 0 Å². The van der Waals surface area contributed by atoms with E-state index in [1.165, 1.54) is 0 Å². The lowest BCUT2D eigenvalue weighted by Crippen LogP contribution is -1.92. The number of pyridine rings is 1. The van der Waals surface area contributed by atoms with Crippen molar-refractivity contribution in [3.05, 3.63) is 29.6 Å². The number of ether oxygens (including phenoxy) is 1. The Bertz CT molecular complexity index is 205. The van der Waals surface area contributed by atoms with Crippen molar-refractivity contribution in [2.75, 3.05) is 6.61 Å². The molecule has 1 aromatic rings. The normalized spacial score (nSPS) is 10.0. The molecule has 0 N–H and O–H groups in total. The molecule has 0 aliphatic carbocycles. The van der Waals surface area contributed by atoms with E-state index < -0.39 is 0 Å². The molecule has 1 heterocycles. The lowest BCUT2D eigenvalue weighted by molar-refractivity contribution is 0.134. The number of hydrogen-bond acceptors (Lipinski definition) is 2. The van der Waals surface area contributed by atoms with Crippen LogP contribution in [0.25, 0.3) is 0 Å². The van der Waals surface area contributed by atoms with Crippen LogP contribution in [0.4, 0.5) is 0 Å². The van der Waals surface area contributed by atoms with Crippen LogP contribution in [0.2, 0.25) is 0 Å². The second kappa shape index (κ2) is 4.09. The van der Waals surface area contributed by atoms with E-state index in [0.717, 1.165) is 17.9 Å². The zero-order chi connectivity index (χ0) is 8.10. The van der Waals surface area contributed by atoms with Crippen LogP contribution >= 0.6 is 0 Å². The third-order valence-corrected chi connectivity index (χ3v) is 1.45. The Kier molecular flexibility index (Phi) is 3.05. The van der Waals surface area contributed by atoms with E-state index in [1.54, 1.807) is 0 Å². The molecule has 60 valence electrons. The van der Waals surface area contributed by atoms with E-state index in [9.17, 15) is 0 Å². The van der Waals surface area contributed by atoms with Gasteiger partial charge in [0.25, 0.3) is 0 Å². The zero-order valence-electron chi connectivity index (χ0n) is 7.00. The predicted molar refractivity (Wildman–Crippen MR) is 44.3 cm³/mol. The Hall–Kier alpha value is -0.890. The van der Waals surface area contributed by atoms with Gasteiger partial charge in [0.15, 0.2) is 0 Å². The van der Waals surface area contributed by atoms with Crippen LogP contribution in [0, 0.1) is 6.92 Å². The first-order valence-electron chi connectivity index (χ1n) is 3.82. The van der Waals surface area contributed by atoms with Gasteiger partial charge < -0.3 is 4.74 Å². The molecule has 2 nitrogen and oxygen atoms in total. The van der Waals surface area contributed by atoms with Gasteiger partial charge in [-0.25, -0.2) is 0 Å². The lowest BCUT2D eigenvalue weighted by atomic mass is 10.3. The largest absolute Gasteiger partial charge is 0.377 e. The number of rotatable bonds is 3. The van der Waals surface area contributed by atoms with E-state index in [2.05, 4.69) is 4.98 Å². The Morgan fingerprint density at radius 2 is 2.27 bits per heavy atom. The zero-order valence-corrected chi connectivity index (χ0v) is 7.00. The summed E-state index contributed by atoms with van der Waals surface area (Å²) in [5.74, 6) is 0. The van der Waals surface area contributed by atoms with Gasteiger partial charge >= 0.3 is 0 Å². The average molecular weight is 151 g/mol. The maximum absolute atomic E-state index is 5.22. The summed E-state index contributed by atoms with van der Waals surface area (Å²) in [4.78, 5) is 4.15. The molecule has 0 saturated heterocycles. The van der Waals surface area contributed by atoms with E-state index in [1.807, 2.05) is 32.2 Å². The van der Waals surface area contributed by atoms with Crippen LogP contribution in [0.15, 0.2) is 18.3 Å². The Morgan fingerprint density at radius 3 is 2.82 bits per heavy atom. The van der Waals surface area contributed by atoms with Crippen molar-refractivity contribution in [2.45, 2.75) is 20.5 Å². The highest BCUT2D eigenvalue weighted by atomic mass is 16.5. The summed E-state index contributed by atoms with van der Waals surface area (Å²) in [5, 5.41) is 0. The van der Waals surface area contributed by atoms with Crippen molar-refractivity contribution in [3.8, 4) is 0 Å². The molecular weight excluding hydrogens is 138 g/mol. The van der Waals surface area contributed by atoms with Gasteiger partial charge in [-0.15, -0.1) is 0 Å². The highest BCUT2D eigenvalue weighted by molar-refractivity contribution is 5.11. The Morgan fingerprint density at radius 1 is 1.45 bits per heavy atom. The third-order valence-electron chi connectivity index (χ3n) is 1.45. The number of nitrogens with zero attached hydrogens (tertiary/aromatic N) is 1. The van der Waals surface area contributed by atoms with Crippen molar-refractivity contribution >= 4 is 0 Å². The van der Waals surface area contributed by atoms with Gasteiger partial charge in [0.05, 0.1) is 6.61 Å². The minimum atomic E-state index is 0.670. The fourth-order valence-electron chi connectivity index (χ4n) is 0.804. The van der Waals surface area contributed by atoms with E-state index >= 15 is 0 Å². The van der Waals surface area contributed by atoms with Crippen LogP contribution in [-0.4, -0.2) is 11.6 Å². The SMILES string of the molecule is CCOCc1ccc(C)nc1. The molecular formula is C9H13NO. The predicted octanol–water partition coefficient (Wildman–Crippen LogP) is 1.93. The average Bonchev–Trinajstić information content (AvgIpc) is 2.04. The summed E-state index contributed by atoms with van der Waals surface area (Å²) in [6, 6.07) is 4.03. The first kappa shape index (κ1) is 8.21. The van der Waals surface area contributed by atoms with Crippen LogP contribution in [0.5, 0.6) is 0 Å². The molecule has 0 aliphatic rings. The summed E-state index contributed by atoms with van der Waals surface area (Å²) < 4.78 is 5.22. The molecule has 0 bridgehead atoms. The lowest BCUT2D eigenvalue weighted by Gasteiger charge is -2.00. The third kappa shape index (κ3) is 2.68. The number of hydrogen-bond donors (Lipinski definition) is 0. The molecule has 0 saturated carbocycles. The Balaban J connectivity index is 2.52. The van der Waals surface area contributed by atoms with Gasteiger partial charge in [-0.2, -0.15) is 0 Å². The summed E-state index contributed by atoms with van der Waals surface area (Å²) in [6.07, 6.45) is 1.85. The molecule has 0 aromatic carbocycles. The number of aromatic nitrogens is 1. The minimum Gasteiger partial charge on any atom is -0.377 e. The highest BCUT2D eigenvalue weighted by Gasteiger charge is 1.90. The molecule has 2 heteroatoms. The fourth-order valence-corrected chi connectivity index (χ4v) is 0.804. The second-order valence-corrected chi connectivity index (χ2v) is 2.44. The monoisotopic (exact) mass is 151 g/mol. The summed E-state index contributed by atoms with van der Waals surface area (Å²) >= 11 is 0. The van der Waals surface area contributed by atoms with Crippen molar-refractivity contribution < 1.29 is 4.74 Å². The van der Waals surface area contributed by atoms with Gasteiger partial charge in [0.1, 0.15) is 0 Å². The van der Waals surface area contributed by atoms with Gasteiger partial charge in [-0.3, -0.25) is 4.98 Å². The van der Waals surface area contributed by atoms with Crippen LogP contribution < -0.4 is 0 Å². The van der Waals surface area contributed by atoms with Crippen molar-refractivity contribution in [1.29, 1.82) is 0 Å². The molecule has 0 amide bonds. The first-order valence-corrected chi connectivity index (χ1v) is 3.82. The molecule has 11 heavy (non-hydrogen) atoms. The van der Waals surface area contributed by atoms with Gasteiger partial charge in [-0.05, 0) is 25.5 Å². The summed E-state index contributed by atoms with van der Waals surface area (Å²) in [6.45, 7) is 5.39. The van der Waals surface area contributed by atoms with E-state index in [4.69, 9.17) is 4.74 Å². The maximum Gasteiger partial charge on any atom is 0.0731 e. The summed E-state index contributed by atoms with van der Waals surface area (Å²) in [5.41, 5.74) is 2.18. The Labute approximate surface area is 67.2 Å². The smallest absolute Gasteiger partial charge is 0.0731 e. The van der Waals surface area contributed by atoms with E-state index in [-0.39, 0.29) is 0 Å². The van der Waals surface area contributed by atoms with Gasteiger partial charge in [0, 0.05) is 18.5 Å².